The van der Waals surface area contributed by atoms with Crippen LogP contribution in [0.2, 0.25) is 0 Å². The number of nitrogens with zero attached hydrogens (tertiary/aromatic N) is 2. The van der Waals surface area contributed by atoms with E-state index in [0.717, 1.165) is 35.3 Å². The Labute approximate surface area is 176 Å². The van der Waals surface area contributed by atoms with Crippen LogP contribution in [0.25, 0.3) is 6.08 Å². The van der Waals surface area contributed by atoms with Gasteiger partial charge in [-0.25, -0.2) is 0 Å². The van der Waals surface area contributed by atoms with Crippen LogP contribution in [0, 0.1) is 0 Å². The topological polar surface area (TPSA) is 69.7 Å². The van der Waals surface area contributed by atoms with Crippen molar-refractivity contribution in [1.29, 1.82) is 0 Å². The molecule has 2 aliphatic rings. The van der Waals surface area contributed by atoms with Gasteiger partial charge in [0.15, 0.2) is 0 Å². The number of amides is 3. The summed E-state index contributed by atoms with van der Waals surface area (Å²) in [7, 11) is 0. The summed E-state index contributed by atoms with van der Waals surface area (Å²) in [5.74, 6) is -0.0476. The van der Waals surface area contributed by atoms with Crippen LogP contribution in [0.3, 0.4) is 0 Å². The summed E-state index contributed by atoms with van der Waals surface area (Å²) in [5, 5.41) is 2.95. The van der Waals surface area contributed by atoms with Crippen LogP contribution in [-0.4, -0.2) is 29.2 Å². The Bertz CT molecular complexity index is 997. The molecule has 4 rings (SSSR count). The van der Waals surface area contributed by atoms with Gasteiger partial charge in [0.2, 0.25) is 17.7 Å². The van der Waals surface area contributed by atoms with Crippen molar-refractivity contribution >= 4 is 29.5 Å². The van der Waals surface area contributed by atoms with Gasteiger partial charge in [-0.2, -0.15) is 0 Å². The lowest BCUT2D eigenvalue weighted by atomic mass is 9.93. The van der Waals surface area contributed by atoms with Gasteiger partial charge < -0.3 is 15.1 Å². The van der Waals surface area contributed by atoms with Crippen LogP contribution in [-0.2, 0) is 20.9 Å². The van der Waals surface area contributed by atoms with Crippen LogP contribution in [0.5, 0.6) is 0 Å². The van der Waals surface area contributed by atoms with Crippen molar-refractivity contribution in [2.45, 2.75) is 38.8 Å². The maximum Gasteiger partial charge on any atom is 0.227 e. The summed E-state index contributed by atoms with van der Waals surface area (Å²) in [6, 6.07) is 15.2. The molecule has 3 amide bonds. The first-order chi connectivity index (χ1) is 14.5. The molecule has 0 saturated carbocycles. The second-order valence-corrected chi connectivity index (χ2v) is 7.68. The summed E-state index contributed by atoms with van der Waals surface area (Å²) in [6.07, 6.45) is 5.35. The van der Waals surface area contributed by atoms with Crippen LogP contribution >= 0.6 is 0 Å². The Morgan fingerprint density at radius 2 is 1.87 bits per heavy atom. The van der Waals surface area contributed by atoms with Gasteiger partial charge in [-0.05, 0) is 41.3 Å². The maximum absolute atomic E-state index is 12.7. The molecule has 0 radical (unpaired) electrons. The lowest BCUT2D eigenvalue weighted by Gasteiger charge is -2.32. The Morgan fingerprint density at radius 3 is 2.57 bits per heavy atom. The molecule has 1 N–H and O–H groups in total. The molecule has 0 spiro atoms. The third-order valence-corrected chi connectivity index (χ3v) is 5.66. The third-order valence-electron chi connectivity index (χ3n) is 5.66. The molecule has 1 atom stereocenters. The Hall–Kier alpha value is -3.41. The lowest BCUT2D eigenvalue weighted by molar-refractivity contribution is -0.130. The van der Waals surface area contributed by atoms with E-state index in [-0.39, 0.29) is 30.2 Å². The molecular formula is C24H25N3O3. The zero-order valence-corrected chi connectivity index (χ0v) is 17.0. The number of carbonyl (C=O) groups excluding carboxylic acids is 3. The quantitative estimate of drug-likeness (QED) is 0.832. The highest BCUT2D eigenvalue weighted by Gasteiger charge is 2.28. The number of hydrogen-bond donors (Lipinski definition) is 1. The molecule has 1 fully saturated rings. The summed E-state index contributed by atoms with van der Waals surface area (Å²) in [4.78, 5) is 40.0. The van der Waals surface area contributed by atoms with Crippen molar-refractivity contribution in [3.05, 3.63) is 71.4 Å². The molecule has 0 unspecified atom stereocenters. The van der Waals surface area contributed by atoms with Gasteiger partial charge in [0, 0.05) is 38.3 Å². The molecule has 2 aromatic carbocycles. The van der Waals surface area contributed by atoms with Gasteiger partial charge in [0.05, 0.1) is 12.5 Å². The minimum atomic E-state index is -0.313. The smallest absolute Gasteiger partial charge is 0.227 e. The predicted molar refractivity (Wildman–Crippen MR) is 115 cm³/mol. The van der Waals surface area contributed by atoms with Crippen molar-refractivity contribution in [3.63, 3.8) is 0 Å². The monoisotopic (exact) mass is 403 g/mol. The molecule has 6 heteroatoms. The SMILES string of the molecule is CC(=O)N1C=Cc2ccccc2[C@@H]1CC(=O)NCc1ccc(N2CCCC2=O)cc1. The number of anilines is 1. The van der Waals surface area contributed by atoms with E-state index in [2.05, 4.69) is 5.32 Å². The number of rotatable bonds is 5. The molecule has 2 aromatic rings. The van der Waals surface area contributed by atoms with Gasteiger partial charge in [-0.15, -0.1) is 0 Å². The summed E-state index contributed by atoms with van der Waals surface area (Å²) in [5.41, 5.74) is 3.87. The van der Waals surface area contributed by atoms with Crippen LogP contribution in [0.1, 0.15) is 48.9 Å². The van der Waals surface area contributed by atoms with Crippen LogP contribution in [0.4, 0.5) is 5.69 Å². The number of carbonyl (C=O) groups is 3. The average Bonchev–Trinajstić information content (AvgIpc) is 3.18. The third kappa shape index (κ3) is 4.13. The van der Waals surface area contributed by atoms with E-state index >= 15 is 0 Å². The molecule has 30 heavy (non-hydrogen) atoms. The van der Waals surface area contributed by atoms with E-state index < -0.39 is 0 Å². The minimum absolute atomic E-state index is 0.0920. The normalized spacial score (nSPS) is 17.8. The predicted octanol–water partition coefficient (Wildman–Crippen LogP) is 3.39. The van der Waals surface area contributed by atoms with E-state index in [1.165, 1.54) is 6.92 Å². The molecule has 0 aliphatic carbocycles. The van der Waals surface area contributed by atoms with Crippen molar-refractivity contribution in [1.82, 2.24) is 10.2 Å². The van der Waals surface area contributed by atoms with Gasteiger partial charge in [-0.3, -0.25) is 14.4 Å². The van der Waals surface area contributed by atoms with Crippen LogP contribution < -0.4 is 10.2 Å². The van der Waals surface area contributed by atoms with Gasteiger partial charge in [-0.1, -0.05) is 36.4 Å². The van der Waals surface area contributed by atoms with Gasteiger partial charge >= 0.3 is 0 Å². The number of benzene rings is 2. The van der Waals surface area contributed by atoms with Crippen molar-refractivity contribution in [3.8, 4) is 0 Å². The van der Waals surface area contributed by atoms with Crippen molar-refractivity contribution in [2.24, 2.45) is 0 Å². The highest BCUT2D eigenvalue weighted by atomic mass is 16.2. The first-order valence-corrected chi connectivity index (χ1v) is 10.2. The lowest BCUT2D eigenvalue weighted by Crippen LogP contribution is -2.35. The maximum atomic E-state index is 12.7. The Morgan fingerprint density at radius 1 is 1.10 bits per heavy atom. The molecule has 154 valence electrons. The van der Waals surface area contributed by atoms with E-state index in [1.54, 1.807) is 16.0 Å². The first kappa shape index (κ1) is 19.9. The summed E-state index contributed by atoms with van der Waals surface area (Å²) in [6.45, 7) is 2.67. The standard InChI is InChI=1S/C24H25N3O3/c1-17(28)26-14-12-19-5-2-3-6-21(19)22(26)15-23(29)25-16-18-8-10-20(11-9-18)27-13-4-7-24(27)30/h2-3,5-6,8-12,14,22H,4,7,13,15-16H2,1H3,(H,25,29)/t22-/m0/s1. The average molecular weight is 403 g/mol. The van der Waals surface area contributed by atoms with Crippen LogP contribution in [0.15, 0.2) is 54.7 Å². The first-order valence-electron chi connectivity index (χ1n) is 10.2. The molecule has 1 saturated heterocycles. The fourth-order valence-electron chi connectivity index (χ4n) is 4.08. The van der Waals surface area contributed by atoms with E-state index in [9.17, 15) is 14.4 Å². The van der Waals surface area contributed by atoms with E-state index in [1.807, 2.05) is 54.6 Å². The zero-order chi connectivity index (χ0) is 21.1. The molecular weight excluding hydrogens is 378 g/mol. The minimum Gasteiger partial charge on any atom is -0.352 e. The molecule has 0 aromatic heterocycles. The number of fused-ring (bicyclic) bond motifs is 1. The second kappa shape index (κ2) is 8.53. The van der Waals surface area contributed by atoms with E-state index in [4.69, 9.17) is 0 Å². The number of hydrogen-bond acceptors (Lipinski definition) is 3. The van der Waals surface area contributed by atoms with Crippen molar-refractivity contribution in [2.75, 3.05) is 11.4 Å². The molecule has 2 aliphatic heterocycles. The van der Waals surface area contributed by atoms with E-state index in [0.29, 0.717) is 13.0 Å². The fourth-order valence-corrected chi connectivity index (χ4v) is 4.08. The Kier molecular flexibility index (Phi) is 5.65. The zero-order valence-electron chi connectivity index (χ0n) is 17.0. The fraction of sp³-hybridized carbons (Fsp3) is 0.292. The van der Waals surface area contributed by atoms with Gasteiger partial charge in [0.25, 0.3) is 0 Å². The van der Waals surface area contributed by atoms with Crippen molar-refractivity contribution < 1.29 is 14.4 Å². The Balaban J connectivity index is 1.39. The summed E-state index contributed by atoms with van der Waals surface area (Å²) < 4.78 is 0. The highest BCUT2D eigenvalue weighted by Crippen LogP contribution is 2.32. The highest BCUT2D eigenvalue weighted by molar-refractivity contribution is 5.95. The molecule has 2 heterocycles. The largest absolute Gasteiger partial charge is 0.352 e. The molecule has 0 bridgehead atoms. The summed E-state index contributed by atoms with van der Waals surface area (Å²) >= 11 is 0. The molecule has 6 nitrogen and oxygen atoms in total. The number of nitrogens with one attached hydrogen (secondary N) is 1. The second-order valence-electron chi connectivity index (χ2n) is 7.68. The van der Waals surface area contributed by atoms with Gasteiger partial charge in [0.1, 0.15) is 0 Å².